The summed E-state index contributed by atoms with van der Waals surface area (Å²) in [6, 6.07) is 33.5. The highest BCUT2D eigenvalue weighted by Crippen LogP contribution is 2.23. The number of fused-ring (bicyclic) bond motifs is 1. The first-order valence-electron chi connectivity index (χ1n) is 14.5. The number of nitrogens with zero attached hydrogens (tertiary/aromatic N) is 4. The molecule has 0 aliphatic rings. The number of hydrogen-bond acceptors (Lipinski definition) is 6. The van der Waals surface area contributed by atoms with Gasteiger partial charge in [0.1, 0.15) is 0 Å². The third kappa shape index (κ3) is 6.74. The lowest BCUT2D eigenvalue weighted by Gasteiger charge is -2.06. The zero-order chi connectivity index (χ0) is 30.6. The van der Waals surface area contributed by atoms with Crippen molar-refractivity contribution >= 4 is 34.6 Å². The Balaban J connectivity index is 0.915. The van der Waals surface area contributed by atoms with Gasteiger partial charge in [0, 0.05) is 51.0 Å². The van der Waals surface area contributed by atoms with Gasteiger partial charge in [-0.2, -0.15) is 4.68 Å². The van der Waals surface area contributed by atoms with E-state index in [0.717, 1.165) is 50.6 Å². The van der Waals surface area contributed by atoms with Gasteiger partial charge in [0.05, 0.1) is 11.0 Å². The van der Waals surface area contributed by atoms with E-state index >= 15 is 0 Å². The Morgan fingerprint density at radius 1 is 0.644 bits per heavy atom. The molecule has 9 nitrogen and oxygen atoms in total. The molecule has 0 amide bonds. The Hall–Kier alpha value is -5.00. The monoisotopic (exact) mass is 631 g/mol. The number of para-hydroxylation sites is 2. The largest absolute Gasteiger partial charge is 0.322 e. The van der Waals surface area contributed by atoms with Gasteiger partial charge >= 0.3 is 0 Å². The first-order chi connectivity index (χ1) is 22.1. The summed E-state index contributed by atoms with van der Waals surface area (Å²) in [6.45, 7) is 0. The molecule has 0 spiro atoms. The van der Waals surface area contributed by atoms with Crippen LogP contribution in [-0.2, 0) is 24.3 Å². The molecule has 0 saturated heterocycles. The van der Waals surface area contributed by atoms with Crippen LogP contribution in [0.4, 0.5) is 0 Å². The Bertz CT molecular complexity index is 2130. The topological polar surface area (TPSA) is 117 Å². The predicted molar refractivity (Wildman–Crippen MR) is 180 cm³/mol. The Labute approximate surface area is 266 Å². The van der Waals surface area contributed by atoms with Crippen LogP contribution in [0.5, 0.6) is 0 Å². The second-order valence-electron chi connectivity index (χ2n) is 10.5. The number of pyridine rings is 1. The summed E-state index contributed by atoms with van der Waals surface area (Å²) in [7, 11) is 0. The minimum absolute atomic E-state index is 0.119. The predicted octanol–water partition coefficient (Wildman–Crippen LogP) is 6.29. The highest BCUT2D eigenvalue weighted by atomic mass is 32.2. The molecule has 0 saturated carbocycles. The zero-order valence-corrected chi connectivity index (χ0v) is 25.8. The molecule has 0 aliphatic carbocycles. The fraction of sp³-hybridized carbons (Fsp3) is 0.118. The van der Waals surface area contributed by atoms with Gasteiger partial charge in [-0.3, -0.25) is 19.8 Å². The van der Waals surface area contributed by atoms with Crippen molar-refractivity contribution in [2.75, 3.05) is 0 Å². The maximum Gasteiger partial charge on any atom is 0.274 e. The van der Waals surface area contributed by atoms with Crippen molar-refractivity contribution in [3.05, 3.63) is 153 Å². The average Bonchev–Trinajstić information content (AvgIpc) is 3.79. The third-order valence-electron chi connectivity index (χ3n) is 7.33. The standard InChI is InChI=1S/C34H29N7O2S2/c42-32-18-25(21-44-27-6-2-1-3-7-27)38-40(32)31-17-14-24(20-35-31)11-10-23-12-15-28(16-13-23)45-22-26-19-33(43)41(39-26)34-36-29-8-4-5-9-30(29)37-34/h1-9,12-20,38-39H,10-11,21-22H2,(H,36,37). The van der Waals surface area contributed by atoms with Crippen molar-refractivity contribution in [2.24, 2.45) is 0 Å². The van der Waals surface area contributed by atoms with Gasteiger partial charge in [-0.05, 0) is 66.4 Å². The lowest BCUT2D eigenvalue weighted by molar-refractivity contribution is 0.789. The summed E-state index contributed by atoms with van der Waals surface area (Å²) in [4.78, 5) is 39.7. The lowest BCUT2D eigenvalue weighted by Crippen LogP contribution is -2.14. The number of aryl methyl sites for hydroxylation is 2. The summed E-state index contributed by atoms with van der Waals surface area (Å²) in [5, 5.41) is 6.35. The van der Waals surface area contributed by atoms with E-state index in [1.54, 1.807) is 35.7 Å². The number of H-pyrrole nitrogens is 3. The van der Waals surface area contributed by atoms with Gasteiger partial charge in [0.2, 0.25) is 5.95 Å². The van der Waals surface area contributed by atoms with Gasteiger partial charge in [0.25, 0.3) is 11.1 Å². The fourth-order valence-corrected chi connectivity index (χ4v) is 6.60. The highest BCUT2D eigenvalue weighted by molar-refractivity contribution is 7.98. The summed E-state index contributed by atoms with van der Waals surface area (Å²) in [5.41, 5.74) is 5.45. The van der Waals surface area contributed by atoms with E-state index in [1.807, 2.05) is 60.8 Å². The molecule has 7 aromatic rings. The highest BCUT2D eigenvalue weighted by Gasteiger charge is 2.11. The lowest BCUT2D eigenvalue weighted by atomic mass is 10.1. The van der Waals surface area contributed by atoms with Crippen molar-refractivity contribution in [1.29, 1.82) is 0 Å². The molecule has 224 valence electrons. The van der Waals surface area contributed by atoms with Crippen LogP contribution in [-0.4, -0.2) is 34.5 Å². The van der Waals surface area contributed by atoms with Crippen LogP contribution in [0.25, 0.3) is 22.8 Å². The van der Waals surface area contributed by atoms with E-state index < -0.39 is 0 Å². The molecule has 4 aromatic heterocycles. The van der Waals surface area contributed by atoms with E-state index in [1.165, 1.54) is 14.9 Å². The maximum absolute atomic E-state index is 12.6. The van der Waals surface area contributed by atoms with Crippen molar-refractivity contribution < 1.29 is 0 Å². The normalized spacial score (nSPS) is 11.4. The molecule has 11 heteroatoms. The van der Waals surface area contributed by atoms with E-state index in [2.05, 4.69) is 61.5 Å². The second-order valence-corrected chi connectivity index (χ2v) is 12.6. The Morgan fingerprint density at radius 2 is 1.27 bits per heavy atom. The van der Waals surface area contributed by atoms with Crippen LogP contribution >= 0.6 is 23.5 Å². The van der Waals surface area contributed by atoms with Gasteiger partial charge in [-0.1, -0.05) is 48.5 Å². The van der Waals surface area contributed by atoms with Crippen molar-refractivity contribution in [2.45, 2.75) is 34.1 Å². The number of benzene rings is 3. The quantitative estimate of drug-likeness (QED) is 0.145. The molecule has 0 aliphatic heterocycles. The fourth-order valence-electron chi connectivity index (χ4n) is 4.99. The van der Waals surface area contributed by atoms with Crippen LogP contribution < -0.4 is 11.1 Å². The first kappa shape index (κ1) is 28.8. The van der Waals surface area contributed by atoms with Gasteiger partial charge in [-0.15, -0.1) is 23.5 Å². The van der Waals surface area contributed by atoms with Crippen LogP contribution in [0.2, 0.25) is 0 Å². The summed E-state index contributed by atoms with van der Waals surface area (Å²) < 4.78 is 2.94. The smallest absolute Gasteiger partial charge is 0.274 e. The van der Waals surface area contributed by atoms with Crippen molar-refractivity contribution in [1.82, 2.24) is 34.5 Å². The number of thioether (sulfide) groups is 2. The Morgan fingerprint density at radius 3 is 1.98 bits per heavy atom. The second kappa shape index (κ2) is 12.9. The molecule has 0 bridgehead atoms. The van der Waals surface area contributed by atoms with Crippen LogP contribution in [0.15, 0.2) is 129 Å². The molecule has 7 rings (SSSR count). The minimum Gasteiger partial charge on any atom is -0.322 e. The van der Waals surface area contributed by atoms with Gasteiger partial charge in [-0.25, -0.2) is 14.6 Å². The molecule has 45 heavy (non-hydrogen) atoms. The van der Waals surface area contributed by atoms with Crippen molar-refractivity contribution in [3.8, 4) is 11.8 Å². The molecular formula is C34H29N7O2S2. The molecule has 0 unspecified atom stereocenters. The number of nitrogens with one attached hydrogen (secondary N) is 3. The maximum atomic E-state index is 12.6. The number of rotatable bonds is 11. The third-order valence-corrected chi connectivity index (χ3v) is 9.45. The summed E-state index contributed by atoms with van der Waals surface area (Å²) in [5.74, 6) is 2.37. The number of hydrogen-bond donors (Lipinski definition) is 3. The van der Waals surface area contributed by atoms with Crippen molar-refractivity contribution in [3.63, 3.8) is 0 Å². The average molecular weight is 632 g/mol. The van der Waals surface area contributed by atoms with E-state index in [4.69, 9.17) is 0 Å². The molecule has 3 N–H and O–H groups in total. The zero-order valence-electron chi connectivity index (χ0n) is 24.1. The molecular weight excluding hydrogens is 603 g/mol. The summed E-state index contributed by atoms with van der Waals surface area (Å²) in [6.07, 6.45) is 3.56. The molecule has 4 heterocycles. The number of aromatic nitrogens is 7. The van der Waals surface area contributed by atoms with E-state index in [0.29, 0.717) is 23.3 Å². The van der Waals surface area contributed by atoms with Crippen LogP contribution in [0, 0.1) is 0 Å². The molecule has 0 atom stereocenters. The Kier molecular flexibility index (Phi) is 8.26. The first-order valence-corrected chi connectivity index (χ1v) is 16.5. The van der Waals surface area contributed by atoms with Gasteiger partial charge in [0.15, 0.2) is 5.82 Å². The number of aromatic amines is 3. The molecule has 0 fully saturated rings. The van der Waals surface area contributed by atoms with E-state index in [-0.39, 0.29) is 11.1 Å². The molecule has 3 aromatic carbocycles. The minimum atomic E-state index is -0.148. The SMILES string of the molecule is O=c1cc(CSc2ccccc2)[nH]n1-c1ccc(CCc2ccc(SCc3cc(=O)n(-c4nc5ccccc5[nH]4)[nH]3)cc2)cn1. The van der Waals surface area contributed by atoms with Crippen LogP contribution in [0.1, 0.15) is 22.5 Å². The summed E-state index contributed by atoms with van der Waals surface area (Å²) >= 11 is 3.35. The van der Waals surface area contributed by atoms with E-state index in [9.17, 15) is 9.59 Å². The van der Waals surface area contributed by atoms with Gasteiger partial charge < -0.3 is 4.98 Å². The van der Waals surface area contributed by atoms with Crippen LogP contribution in [0.3, 0.4) is 0 Å². The number of imidazole rings is 1. The molecule has 0 radical (unpaired) electrons.